The summed E-state index contributed by atoms with van der Waals surface area (Å²) in [7, 11) is 0. The lowest BCUT2D eigenvalue weighted by Crippen LogP contribution is -2.41. The molecule has 222 valence electrons. The van der Waals surface area contributed by atoms with Crippen molar-refractivity contribution in [2.24, 2.45) is 4.99 Å². The Kier molecular flexibility index (Phi) is 8.23. The van der Waals surface area contributed by atoms with Crippen molar-refractivity contribution in [3.8, 4) is 0 Å². The van der Waals surface area contributed by atoms with Gasteiger partial charge < -0.3 is 24.3 Å². The highest BCUT2D eigenvalue weighted by Gasteiger charge is 2.52. The minimum atomic E-state index is -1.27. The van der Waals surface area contributed by atoms with Crippen LogP contribution in [0.2, 0.25) is 0 Å². The van der Waals surface area contributed by atoms with E-state index in [1.807, 2.05) is 0 Å². The number of imidazole rings is 1. The van der Waals surface area contributed by atoms with E-state index in [2.05, 4.69) is 15.3 Å². The summed E-state index contributed by atoms with van der Waals surface area (Å²) in [5, 5.41) is 2.78. The van der Waals surface area contributed by atoms with E-state index in [4.69, 9.17) is 18.9 Å². The molecule has 12 heteroatoms. The Bertz CT molecular complexity index is 1690. The average molecular weight is 595 g/mol. The monoisotopic (exact) mass is 594 g/mol. The van der Waals surface area contributed by atoms with E-state index < -0.39 is 42.4 Å². The number of fused-ring (bicyclic) bond motifs is 1. The first-order valence-corrected chi connectivity index (χ1v) is 13.8. The van der Waals surface area contributed by atoms with E-state index in [0.717, 1.165) is 0 Å². The van der Waals surface area contributed by atoms with Crippen LogP contribution in [-0.4, -0.2) is 71.0 Å². The summed E-state index contributed by atoms with van der Waals surface area (Å²) >= 11 is 0. The van der Waals surface area contributed by atoms with Crippen LogP contribution in [0.4, 0.5) is 5.82 Å². The number of nitrogens with zero attached hydrogens (tertiary/aromatic N) is 3. The number of ether oxygens (including phenoxy) is 4. The lowest BCUT2D eigenvalue weighted by Gasteiger charge is -2.25. The third-order valence-corrected chi connectivity index (χ3v) is 7.03. The zero-order valence-electron chi connectivity index (χ0n) is 23.1. The molecule has 2 aliphatic rings. The molecule has 0 aliphatic carbocycles. The zero-order valence-corrected chi connectivity index (χ0v) is 23.1. The van der Waals surface area contributed by atoms with Crippen molar-refractivity contribution >= 4 is 35.8 Å². The molecule has 1 fully saturated rings. The van der Waals surface area contributed by atoms with Crippen LogP contribution in [0.3, 0.4) is 0 Å². The van der Waals surface area contributed by atoms with Gasteiger partial charge in [-0.2, -0.15) is 0 Å². The second-order valence-corrected chi connectivity index (χ2v) is 9.89. The minimum Gasteiger partial charge on any atom is -0.459 e. The first-order chi connectivity index (χ1) is 21.5. The van der Waals surface area contributed by atoms with Gasteiger partial charge in [0.25, 0.3) is 0 Å². The van der Waals surface area contributed by atoms with E-state index >= 15 is 0 Å². The van der Waals surface area contributed by atoms with Crippen LogP contribution in [0.15, 0.2) is 102 Å². The second-order valence-electron chi connectivity index (χ2n) is 9.89. The van der Waals surface area contributed by atoms with Crippen LogP contribution in [0.5, 0.6) is 0 Å². The Morgan fingerprint density at radius 2 is 1.34 bits per heavy atom. The SMILES string of the molecule is O=C(OC[C@H]1O[C@@H](n2cnc3c2N=CNCC3=O)[C@H](OC(=O)c2ccccc2)[C@@H]1OC(=O)c1ccccc1)c1ccccc1. The summed E-state index contributed by atoms with van der Waals surface area (Å²) in [6, 6.07) is 24.9. The molecule has 12 nitrogen and oxygen atoms in total. The molecule has 6 rings (SSSR count). The molecule has 0 amide bonds. The van der Waals surface area contributed by atoms with Crippen molar-refractivity contribution in [3.05, 3.63) is 120 Å². The van der Waals surface area contributed by atoms with Crippen LogP contribution < -0.4 is 5.32 Å². The summed E-state index contributed by atoms with van der Waals surface area (Å²) < 4.78 is 25.2. The number of benzene rings is 3. The van der Waals surface area contributed by atoms with Crippen molar-refractivity contribution in [1.29, 1.82) is 0 Å². The highest BCUT2D eigenvalue weighted by Crippen LogP contribution is 2.38. The molecule has 44 heavy (non-hydrogen) atoms. The van der Waals surface area contributed by atoms with E-state index in [9.17, 15) is 19.2 Å². The number of ketones is 1. The first-order valence-electron chi connectivity index (χ1n) is 13.8. The molecule has 0 saturated carbocycles. The van der Waals surface area contributed by atoms with Crippen molar-refractivity contribution in [2.75, 3.05) is 13.2 Å². The molecule has 1 saturated heterocycles. The molecule has 1 aromatic heterocycles. The van der Waals surface area contributed by atoms with Crippen molar-refractivity contribution in [2.45, 2.75) is 24.5 Å². The number of esters is 3. The Hall–Kier alpha value is -5.62. The summed E-state index contributed by atoms with van der Waals surface area (Å²) in [4.78, 5) is 60.7. The zero-order chi connectivity index (χ0) is 30.5. The molecular formula is C32H26N4O8. The number of nitrogens with one attached hydrogen (secondary N) is 1. The third kappa shape index (κ3) is 5.96. The summed E-state index contributed by atoms with van der Waals surface area (Å²) in [5.74, 6) is -2.20. The maximum Gasteiger partial charge on any atom is 0.338 e. The number of carbonyl (C=O) groups is 4. The molecule has 4 aromatic rings. The van der Waals surface area contributed by atoms with Gasteiger partial charge in [-0.25, -0.2) is 24.4 Å². The van der Waals surface area contributed by atoms with Crippen LogP contribution >= 0.6 is 0 Å². The quantitative estimate of drug-likeness (QED) is 0.237. The Balaban J connectivity index is 1.37. The molecule has 1 N–H and O–H groups in total. The van der Waals surface area contributed by atoms with Gasteiger partial charge >= 0.3 is 17.9 Å². The van der Waals surface area contributed by atoms with Gasteiger partial charge in [0.1, 0.15) is 12.7 Å². The van der Waals surface area contributed by atoms with Gasteiger partial charge in [0.15, 0.2) is 29.9 Å². The summed E-state index contributed by atoms with van der Waals surface area (Å²) in [6.07, 6.45) is -2.07. The Morgan fingerprint density at radius 3 is 1.93 bits per heavy atom. The normalized spacial score (nSPS) is 20.6. The molecule has 0 radical (unpaired) electrons. The lowest BCUT2D eigenvalue weighted by molar-refractivity contribution is -0.0614. The van der Waals surface area contributed by atoms with Crippen molar-refractivity contribution in [1.82, 2.24) is 14.9 Å². The predicted octanol–water partition coefficient (Wildman–Crippen LogP) is 3.53. The summed E-state index contributed by atoms with van der Waals surface area (Å²) in [6.45, 7) is -0.363. The third-order valence-electron chi connectivity index (χ3n) is 7.03. The molecule has 0 unspecified atom stereocenters. The molecule has 2 aliphatic heterocycles. The van der Waals surface area contributed by atoms with E-state index in [0.29, 0.717) is 5.56 Å². The van der Waals surface area contributed by atoms with Crippen LogP contribution in [0.1, 0.15) is 47.8 Å². The molecule has 3 aromatic carbocycles. The number of Topliss-reactive ketones (excluding diaryl/α,β-unsaturated/α-hetero) is 1. The first kappa shape index (κ1) is 28.5. The molecule has 0 bridgehead atoms. The summed E-state index contributed by atoms with van der Waals surface area (Å²) in [5.41, 5.74) is 0.897. The van der Waals surface area contributed by atoms with E-state index in [-0.39, 0.29) is 41.6 Å². The number of hydrogen-bond acceptors (Lipinski definition) is 11. The highest BCUT2D eigenvalue weighted by molar-refractivity contribution is 6.02. The maximum absolute atomic E-state index is 13.3. The van der Waals surface area contributed by atoms with Crippen molar-refractivity contribution in [3.63, 3.8) is 0 Å². The number of carbonyl (C=O) groups excluding carboxylic acids is 4. The van der Waals surface area contributed by atoms with Crippen LogP contribution in [-0.2, 0) is 18.9 Å². The van der Waals surface area contributed by atoms with Gasteiger partial charge in [-0.3, -0.25) is 9.36 Å². The number of aromatic nitrogens is 2. The van der Waals surface area contributed by atoms with E-state index in [1.54, 1.807) is 91.0 Å². The van der Waals surface area contributed by atoms with Crippen LogP contribution in [0, 0.1) is 0 Å². The second kappa shape index (κ2) is 12.7. The van der Waals surface area contributed by atoms with Gasteiger partial charge in [0.2, 0.25) is 5.78 Å². The Labute approximate surface area is 251 Å². The molecular weight excluding hydrogens is 568 g/mol. The van der Waals surface area contributed by atoms with Gasteiger partial charge in [-0.1, -0.05) is 54.6 Å². The van der Waals surface area contributed by atoms with Gasteiger partial charge in [0.05, 0.1) is 35.9 Å². The Morgan fingerprint density at radius 1 is 0.795 bits per heavy atom. The van der Waals surface area contributed by atoms with Gasteiger partial charge in [-0.15, -0.1) is 0 Å². The molecule has 0 spiro atoms. The lowest BCUT2D eigenvalue weighted by atomic mass is 10.1. The predicted molar refractivity (Wildman–Crippen MR) is 155 cm³/mol. The molecule has 4 atom stereocenters. The largest absolute Gasteiger partial charge is 0.459 e. The fraction of sp³-hybridized carbons (Fsp3) is 0.188. The standard InChI is InChI=1S/C32H26N4O8/c37-23-16-33-18-34-28-25(23)35-19-36(28)29-27(44-32(40)22-14-8-3-9-15-22)26(43-31(39)21-12-6-2-7-13-21)24(42-29)17-41-30(38)20-10-4-1-5-11-20/h1-15,18-19,24,26-27,29H,16-17H2,(H,33,34)/t24-,26-,27-,29-/m1/s1. The number of hydrogen-bond donors (Lipinski definition) is 1. The topological polar surface area (TPSA) is 147 Å². The van der Waals surface area contributed by atoms with Crippen LogP contribution in [0.25, 0.3) is 0 Å². The average Bonchev–Trinajstić information content (AvgIpc) is 3.57. The highest BCUT2D eigenvalue weighted by atomic mass is 16.7. The number of rotatable bonds is 8. The number of aliphatic imine (C=N–C) groups is 1. The van der Waals surface area contributed by atoms with Crippen molar-refractivity contribution < 1.29 is 38.1 Å². The van der Waals surface area contributed by atoms with Gasteiger partial charge in [-0.05, 0) is 36.4 Å². The minimum absolute atomic E-state index is 0.0131. The smallest absolute Gasteiger partial charge is 0.338 e. The van der Waals surface area contributed by atoms with Gasteiger partial charge in [0, 0.05) is 0 Å². The fourth-order valence-electron chi connectivity index (χ4n) is 4.88. The maximum atomic E-state index is 13.3. The fourth-order valence-corrected chi connectivity index (χ4v) is 4.88. The molecule has 3 heterocycles. The van der Waals surface area contributed by atoms with E-state index in [1.165, 1.54) is 17.2 Å².